The van der Waals surface area contributed by atoms with Gasteiger partial charge in [-0.25, -0.2) is 9.07 Å². The molecule has 0 saturated carbocycles. The number of aryl methyl sites for hydroxylation is 1. The Hall–Kier alpha value is -3.03. The second kappa shape index (κ2) is 7.92. The average molecular weight is 387 g/mol. The molecule has 8 heteroatoms. The Morgan fingerprint density at radius 1 is 1.18 bits per heavy atom. The van der Waals surface area contributed by atoms with Crippen LogP contribution < -0.4 is 5.56 Å². The van der Waals surface area contributed by atoms with E-state index in [1.807, 2.05) is 0 Å². The number of benzene rings is 1. The van der Waals surface area contributed by atoms with Gasteiger partial charge in [-0.3, -0.25) is 14.4 Å². The number of amides is 1. The molecular weight excluding hydrogens is 365 g/mol. The summed E-state index contributed by atoms with van der Waals surface area (Å²) in [7, 11) is 1.46. The van der Waals surface area contributed by atoms with Crippen LogP contribution >= 0.6 is 0 Å². The molecule has 1 aromatic carbocycles. The van der Waals surface area contributed by atoms with Crippen molar-refractivity contribution >= 4 is 11.9 Å². The van der Waals surface area contributed by atoms with Crippen molar-refractivity contribution in [1.29, 1.82) is 0 Å². The first-order valence-electron chi connectivity index (χ1n) is 9.09. The lowest BCUT2D eigenvalue weighted by Crippen LogP contribution is -2.36. The van der Waals surface area contributed by atoms with Gasteiger partial charge in [-0.2, -0.15) is 5.10 Å². The smallest absolute Gasteiger partial charge is 0.311 e. The maximum Gasteiger partial charge on any atom is 0.311 e. The quantitative estimate of drug-likeness (QED) is 0.751. The van der Waals surface area contributed by atoms with Gasteiger partial charge in [-0.05, 0) is 44.0 Å². The first-order chi connectivity index (χ1) is 13.3. The number of carbonyl (C=O) groups is 2. The lowest BCUT2D eigenvalue weighted by atomic mass is 9.93. The highest BCUT2D eigenvalue weighted by atomic mass is 19.1. The van der Waals surface area contributed by atoms with Crippen molar-refractivity contribution in [1.82, 2.24) is 14.7 Å². The standard InChI is InChI=1S/C20H22FN3O4/c1-12(2)28-20(27)15-10-11-24(18(15)13-4-6-14(21)7-5-13)19(26)16-8-9-17(25)23(3)22-16/h4-9,12,15,18H,10-11H2,1-3H3/t15-,18-/m1/s1. The lowest BCUT2D eigenvalue weighted by Gasteiger charge is -2.28. The zero-order valence-electron chi connectivity index (χ0n) is 16.0. The van der Waals surface area contributed by atoms with Crippen molar-refractivity contribution in [3.8, 4) is 0 Å². The zero-order chi connectivity index (χ0) is 20.4. The maximum absolute atomic E-state index is 13.4. The number of ether oxygens (including phenoxy) is 1. The number of nitrogens with zero attached hydrogens (tertiary/aromatic N) is 3. The molecule has 1 aromatic heterocycles. The number of carbonyl (C=O) groups excluding carboxylic acids is 2. The number of rotatable bonds is 4. The van der Waals surface area contributed by atoms with Crippen molar-refractivity contribution in [2.24, 2.45) is 13.0 Å². The minimum atomic E-state index is -0.599. The Morgan fingerprint density at radius 3 is 2.46 bits per heavy atom. The summed E-state index contributed by atoms with van der Waals surface area (Å²) in [6, 6.07) is 7.76. The van der Waals surface area contributed by atoms with Crippen LogP contribution in [0.5, 0.6) is 0 Å². The molecule has 0 aliphatic carbocycles. The van der Waals surface area contributed by atoms with E-state index in [0.717, 1.165) is 4.68 Å². The van der Waals surface area contributed by atoms with Crippen molar-refractivity contribution in [3.05, 3.63) is 63.8 Å². The zero-order valence-corrected chi connectivity index (χ0v) is 16.0. The summed E-state index contributed by atoms with van der Waals surface area (Å²) in [6.45, 7) is 3.84. The van der Waals surface area contributed by atoms with E-state index >= 15 is 0 Å². The van der Waals surface area contributed by atoms with Crippen LogP contribution in [0.25, 0.3) is 0 Å². The molecule has 0 spiro atoms. The van der Waals surface area contributed by atoms with Gasteiger partial charge in [0.05, 0.1) is 18.1 Å². The van der Waals surface area contributed by atoms with Crippen molar-refractivity contribution in [2.75, 3.05) is 6.54 Å². The predicted molar refractivity (Wildman–Crippen MR) is 99.0 cm³/mol. The van der Waals surface area contributed by atoms with E-state index < -0.39 is 29.7 Å². The molecule has 2 heterocycles. The highest BCUT2D eigenvalue weighted by Gasteiger charge is 2.43. The first-order valence-corrected chi connectivity index (χ1v) is 9.09. The summed E-state index contributed by atoms with van der Waals surface area (Å²) >= 11 is 0. The molecule has 7 nitrogen and oxygen atoms in total. The molecule has 0 bridgehead atoms. The molecule has 28 heavy (non-hydrogen) atoms. The van der Waals surface area contributed by atoms with Gasteiger partial charge in [-0.1, -0.05) is 12.1 Å². The highest BCUT2D eigenvalue weighted by Crippen LogP contribution is 2.39. The van der Waals surface area contributed by atoms with Gasteiger partial charge >= 0.3 is 5.97 Å². The molecule has 0 radical (unpaired) electrons. The molecule has 3 rings (SSSR count). The third-order valence-corrected chi connectivity index (χ3v) is 4.70. The minimum absolute atomic E-state index is 0.104. The van der Waals surface area contributed by atoms with E-state index in [1.54, 1.807) is 26.0 Å². The van der Waals surface area contributed by atoms with Gasteiger partial charge in [0.2, 0.25) is 0 Å². The highest BCUT2D eigenvalue weighted by molar-refractivity contribution is 5.93. The van der Waals surface area contributed by atoms with Gasteiger partial charge in [0.25, 0.3) is 11.5 Å². The van der Waals surface area contributed by atoms with E-state index in [4.69, 9.17) is 4.74 Å². The normalized spacial score (nSPS) is 19.1. The van der Waals surface area contributed by atoms with Gasteiger partial charge < -0.3 is 9.64 Å². The third-order valence-electron chi connectivity index (χ3n) is 4.70. The van der Waals surface area contributed by atoms with Crippen molar-refractivity contribution < 1.29 is 18.7 Å². The molecule has 1 aliphatic rings. The van der Waals surface area contributed by atoms with Crippen LogP contribution in [0, 0.1) is 11.7 Å². The fourth-order valence-electron chi connectivity index (χ4n) is 3.42. The summed E-state index contributed by atoms with van der Waals surface area (Å²) in [5, 5.41) is 4.01. The third kappa shape index (κ3) is 3.95. The molecule has 0 unspecified atom stereocenters. The summed E-state index contributed by atoms with van der Waals surface area (Å²) < 4.78 is 19.8. The predicted octanol–water partition coefficient (Wildman–Crippen LogP) is 2.07. The fraction of sp³-hybridized carbons (Fsp3) is 0.400. The average Bonchev–Trinajstić information content (AvgIpc) is 3.08. The van der Waals surface area contributed by atoms with Crippen molar-refractivity contribution in [2.45, 2.75) is 32.4 Å². The summed E-state index contributed by atoms with van der Waals surface area (Å²) in [5.74, 6) is -1.76. The topological polar surface area (TPSA) is 81.5 Å². The van der Waals surface area contributed by atoms with Crippen LogP contribution in [0.3, 0.4) is 0 Å². The van der Waals surface area contributed by atoms with E-state index in [0.29, 0.717) is 18.5 Å². The monoisotopic (exact) mass is 387 g/mol. The maximum atomic E-state index is 13.4. The Kier molecular flexibility index (Phi) is 5.58. The molecule has 1 saturated heterocycles. The van der Waals surface area contributed by atoms with Crippen LogP contribution in [0.15, 0.2) is 41.2 Å². The molecule has 148 valence electrons. The number of hydrogen-bond acceptors (Lipinski definition) is 5. The molecule has 2 aromatic rings. The molecule has 1 fully saturated rings. The number of halogens is 1. The Bertz CT molecular complexity index is 939. The molecule has 0 N–H and O–H groups in total. The minimum Gasteiger partial charge on any atom is -0.463 e. The lowest BCUT2D eigenvalue weighted by molar-refractivity contribution is -0.153. The summed E-state index contributed by atoms with van der Waals surface area (Å²) in [4.78, 5) is 38.8. The fourth-order valence-corrected chi connectivity index (χ4v) is 3.42. The van der Waals surface area contributed by atoms with E-state index in [2.05, 4.69) is 5.10 Å². The van der Waals surface area contributed by atoms with Crippen LogP contribution in [0.2, 0.25) is 0 Å². The van der Waals surface area contributed by atoms with Crippen LogP contribution in [-0.4, -0.2) is 39.2 Å². The van der Waals surface area contributed by atoms with E-state index in [9.17, 15) is 18.8 Å². The van der Waals surface area contributed by atoms with Crippen LogP contribution in [0.4, 0.5) is 4.39 Å². The van der Waals surface area contributed by atoms with Crippen molar-refractivity contribution in [3.63, 3.8) is 0 Å². The Balaban J connectivity index is 1.97. The Morgan fingerprint density at radius 2 is 1.86 bits per heavy atom. The SMILES string of the molecule is CC(C)OC(=O)[C@@H]1CCN(C(=O)c2ccc(=O)n(C)n2)[C@@H]1c1ccc(F)cc1. The molecule has 2 atom stereocenters. The summed E-state index contributed by atoms with van der Waals surface area (Å²) in [5.41, 5.74) is 0.418. The molecule has 1 amide bonds. The number of likely N-dealkylation sites (tertiary alicyclic amines) is 1. The second-order valence-corrected chi connectivity index (χ2v) is 7.06. The summed E-state index contributed by atoms with van der Waals surface area (Å²) in [6.07, 6.45) is 0.141. The second-order valence-electron chi connectivity index (χ2n) is 7.06. The van der Waals surface area contributed by atoms with Crippen LogP contribution in [-0.2, 0) is 16.6 Å². The molecular formula is C20H22FN3O4. The van der Waals surface area contributed by atoms with Crippen LogP contribution in [0.1, 0.15) is 42.4 Å². The first kappa shape index (κ1) is 19.7. The largest absolute Gasteiger partial charge is 0.463 e. The number of aromatic nitrogens is 2. The Labute approximate surface area is 161 Å². The molecule has 1 aliphatic heterocycles. The van der Waals surface area contributed by atoms with Gasteiger partial charge in [0, 0.05) is 19.7 Å². The van der Waals surface area contributed by atoms with Gasteiger partial charge in [0.15, 0.2) is 0 Å². The van der Waals surface area contributed by atoms with Gasteiger partial charge in [0.1, 0.15) is 11.5 Å². The van der Waals surface area contributed by atoms with E-state index in [1.165, 1.54) is 36.2 Å². The number of hydrogen-bond donors (Lipinski definition) is 0. The number of esters is 1. The van der Waals surface area contributed by atoms with E-state index in [-0.39, 0.29) is 17.4 Å². The van der Waals surface area contributed by atoms with Gasteiger partial charge in [-0.15, -0.1) is 0 Å².